The number of ether oxygens (including phenoxy) is 1. The number of hydrogen-bond acceptors (Lipinski definition) is 5. The molecule has 1 unspecified atom stereocenters. The Balaban J connectivity index is 2.02. The standard InChI is InChI=1S/C20H18F5N3O5/c1-8-13(10-3-4-11(21)14(22)15(10)29)16(33-19(8,2)20(23,24)25)18(31)27-9-5-6-28(32)12(7-9)17(26)30/h3-8,12-13,16H,1-2H3,(H3-,26,27,29,30,31)/p+1/t8-,12?,13+,16-,19+/m1/s1. The number of primary amides is 1. The zero-order valence-corrected chi connectivity index (χ0v) is 17.2. The topological polar surface area (TPSA) is 122 Å². The zero-order chi connectivity index (χ0) is 24.9. The van der Waals surface area contributed by atoms with E-state index in [4.69, 9.17) is 10.5 Å². The van der Waals surface area contributed by atoms with Gasteiger partial charge in [-0.15, -0.1) is 0 Å². The Morgan fingerprint density at radius 2 is 1.91 bits per heavy atom. The van der Waals surface area contributed by atoms with Crippen molar-refractivity contribution in [1.82, 2.24) is 5.32 Å². The molecule has 5 atom stereocenters. The minimum atomic E-state index is -4.96. The lowest BCUT2D eigenvalue weighted by Crippen LogP contribution is -2.47. The smallest absolute Gasteiger partial charge is 0.417 e. The number of nitroso groups, excluding NO2 is 1. The highest BCUT2D eigenvalue weighted by Crippen LogP contribution is 2.54. The van der Waals surface area contributed by atoms with Crippen LogP contribution in [0.5, 0.6) is 5.75 Å². The van der Waals surface area contributed by atoms with E-state index in [1.165, 1.54) is 0 Å². The summed E-state index contributed by atoms with van der Waals surface area (Å²) in [6.45, 7) is 1.80. The van der Waals surface area contributed by atoms with E-state index in [9.17, 15) is 41.6 Å². The second-order valence-corrected chi connectivity index (χ2v) is 7.89. The van der Waals surface area contributed by atoms with Gasteiger partial charge in [0.05, 0.1) is 5.70 Å². The zero-order valence-electron chi connectivity index (χ0n) is 17.2. The summed E-state index contributed by atoms with van der Waals surface area (Å²) in [7, 11) is 0. The first kappa shape index (κ1) is 24.3. The van der Waals surface area contributed by atoms with Gasteiger partial charge in [0.25, 0.3) is 11.8 Å². The highest BCUT2D eigenvalue weighted by atomic mass is 19.4. The van der Waals surface area contributed by atoms with Crippen LogP contribution in [0.1, 0.15) is 25.3 Å². The highest BCUT2D eigenvalue weighted by molar-refractivity contribution is 5.86. The van der Waals surface area contributed by atoms with Crippen LogP contribution in [-0.2, 0) is 14.3 Å². The molecule has 0 bridgehead atoms. The molecule has 33 heavy (non-hydrogen) atoms. The lowest BCUT2D eigenvalue weighted by molar-refractivity contribution is -0.495. The van der Waals surface area contributed by atoms with E-state index in [0.717, 1.165) is 31.3 Å². The van der Waals surface area contributed by atoms with Gasteiger partial charge in [0.2, 0.25) is 12.0 Å². The fraction of sp³-hybridized carbons (Fsp3) is 0.400. The number of nitrogens with zero attached hydrogens (tertiary/aromatic N) is 1. The number of benzene rings is 1. The maximum Gasteiger partial charge on any atom is 0.417 e. The van der Waals surface area contributed by atoms with Crippen molar-refractivity contribution in [3.05, 3.63) is 58.3 Å². The van der Waals surface area contributed by atoms with Crippen LogP contribution in [0.4, 0.5) is 22.0 Å². The van der Waals surface area contributed by atoms with Crippen LogP contribution in [0.3, 0.4) is 0 Å². The second kappa shape index (κ2) is 8.21. The Morgan fingerprint density at radius 3 is 2.48 bits per heavy atom. The number of amides is 2. The number of rotatable bonds is 4. The predicted octanol–water partition coefficient (Wildman–Crippen LogP) is 2.27. The molecule has 0 radical (unpaired) electrons. The van der Waals surface area contributed by atoms with Gasteiger partial charge >= 0.3 is 12.2 Å². The van der Waals surface area contributed by atoms with Crippen molar-refractivity contribution in [3.8, 4) is 5.75 Å². The third-order valence-electron chi connectivity index (χ3n) is 5.96. The van der Waals surface area contributed by atoms with Crippen LogP contribution in [0.2, 0.25) is 0 Å². The minimum Gasteiger partial charge on any atom is -0.505 e. The van der Waals surface area contributed by atoms with Gasteiger partial charge in [0.1, 0.15) is 6.10 Å². The number of allylic oxidation sites excluding steroid dienone is 1. The molecular formula is C20H19F5N3O5+. The molecular weight excluding hydrogens is 457 g/mol. The van der Waals surface area contributed by atoms with Gasteiger partial charge in [-0.3, -0.25) is 9.59 Å². The first-order valence-corrected chi connectivity index (χ1v) is 9.56. The van der Waals surface area contributed by atoms with Gasteiger partial charge in [-0.1, -0.05) is 13.0 Å². The van der Waals surface area contributed by atoms with Crippen LogP contribution in [0.25, 0.3) is 0 Å². The van der Waals surface area contributed by atoms with Gasteiger partial charge in [0, 0.05) is 39.2 Å². The largest absolute Gasteiger partial charge is 0.505 e. The van der Waals surface area contributed by atoms with Gasteiger partial charge in [-0.25, -0.2) is 4.39 Å². The first-order valence-electron chi connectivity index (χ1n) is 9.56. The molecule has 0 aromatic heterocycles. The molecule has 2 aliphatic heterocycles. The van der Waals surface area contributed by atoms with Crippen LogP contribution < -0.4 is 11.1 Å². The third-order valence-corrected chi connectivity index (χ3v) is 5.96. The van der Waals surface area contributed by atoms with E-state index >= 15 is 0 Å². The molecule has 3 rings (SSSR count). The maximum atomic E-state index is 14.0. The van der Waals surface area contributed by atoms with Crippen molar-refractivity contribution in [2.75, 3.05) is 0 Å². The van der Waals surface area contributed by atoms with Crippen molar-refractivity contribution in [2.24, 2.45) is 11.7 Å². The van der Waals surface area contributed by atoms with Crippen molar-refractivity contribution < 1.29 is 46.1 Å². The molecule has 0 spiro atoms. The average Bonchev–Trinajstić information content (AvgIpc) is 3.00. The van der Waals surface area contributed by atoms with Crippen molar-refractivity contribution in [3.63, 3.8) is 0 Å². The number of nitrogens with one attached hydrogen (secondary N) is 1. The molecule has 1 aromatic rings. The van der Waals surface area contributed by atoms with Gasteiger partial charge < -0.3 is 20.9 Å². The summed E-state index contributed by atoms with van der Waals surface area (Å²) in [5.74, 6) is -9.59. The van der Waals surface area contributed by atoms with E-state index < -0.39 is 70.5 Å². The van der Waals surface area contributed by atoms with Crippen molar-refractivity contribution in [1.29, 1.82) is 0 Å². The van der Waals surface area contributed by atoms with E-state index in [0.29, 0.717) is 13.0 Å². The lowest BCUT2D eigenvalue weighted by Gasteiger charge is -2.31. The maximum absolute atomic E-state index is 14.0. The van der Waals surface area contributed by atoms with Crippen LogP contribution in [0.15, 0.2) is 36.2 Å². The van der Waals surface area contributed by atoms with Crippen LogP contribution >= 0.6 is 0 Å². The number of aromatic hydroxyl groups is 1. The second-order valence-electron chi connectivity index (χ2n) is 7.89. The summed E-state index contributed by atoms with van der Waals surface area (Å²) in [4.78, 5) is 35.9. The number of nitrogens with two attached hydrogens (primary N) is 1. The molecule has 1 fully saturated rings. The summed E-state index contributed by atoms with van der Waals surface area (Å²) in [5.41, 5.74) is 1.64. The van der Waals surface area contributed by atoms with E-state index in [1.54, 1.807) is 0 Å². The SMILES string of the molecule is C[C@@H]1[C@@H](c2ccc(F)c(F)c2O)[C@H](C(=O)NC2=CC(C(N)=O)[N+](=O)C=C2)O[C@]1(C)C(F)(F)F. The lowest BCUT2D eigenvalue weighted by atomic mass is 9.77. The van der Waals surface area contributed by atoms with Gasteiger partial charge in [-0.05, 0) is 13.0 Å². The van der Waals surface area contributed by atoms with Gasteiger partial charge in [0.15, 0.2) is 17.2 Å². The monoisotopic (exact) mass is 476 g/mol. The van der Waals surface area contributed by atoms with Crippen molar-refractivity contribution in [2.45, 2.75) is 43.7 Å². The number of hydrogen-bond donors (Lipinski definition) is 3. The number of phenolic OH excluding ortho intramolecular Hbond substituents is 1. The van der Waals surface area contributed by atoms with Gasteiger partial charge in [-0.2, -0.15) is 17.6 Å². The Morgan fingerprint density at radius 1 is 1.27 bits per heavy atom. The van der Waals surface area contributed by atoms with Crippen LogP contribution in [-0.4, -0.2) is 45.6 Å². The molecule has 8 nitrogen and oxygen atoms in total. The number of carbonyl (C=O) groups is 2. The number of halogens is 5. The Labute approximate surface area is 183 Å². The Bertz CT molecular complexity index is 1090. The summed E-state index contributed by atoms with van der Waals surface area (Å²) < 4.78 is 74.3. The van der Waals surface area contributed by atoms with E-state index in [2.05, 4.69) is 5.32 Å². The predicted molar refractivity (Wildman–Crippen MR) is 101 cm³/mol. The summed E-state index contributed by atoms with van der Waals surface area (Å²) in [5, 5.41) is 12.3. The fourth-order valence-corrected chi connectivity index (χ4v) is 3.90. The molecule has 1 saturated heterocycles. The number of alkyl halides is 3. The molecule has 178 valence electrons. The summed E-state index contributed by atoms with van der Waals surface area (Å²) in [6.07, 6.45) is -3.93. The molecule has 2 amide bonds. The van der Waals surface area contributed by atoms with Crippen LogP contribution in [0, 0.1) is 22.5 Å². The summed E-state index contributed by atoms with van der Waals surface area (Å²) >= 11 is 0. The number of carbonyl (C=O) groups excluding carboxylic acids is 2. The molecule has 2 heterocycles. The average molecular weight is 476 g/mol. The fourth-order valence-electron chi connectivity index (χ4n) is 3.90. The minimum absolute atomic E-state index is 0.124. The molecule has 2 aliphatic rings. The highest BCUT2D eigenvalue weighted by Gasteiger charge is 2.65. The Hall–Kier alpha value is -3.35. The molecule has 0 aliphatic carbocycles. The third kappa shape index (κ3) is 4.08. The molecule has 1 aromatic carbocycles. The van der Waals surface area contributed by atoms with E-state index in [-0.39, 0.29) is 10.5 Å². The molecule has 4 N–H and O–H groups in total. The van der Waals surface area contributed by atoms with E-state index in [1.807, 2.05) is 0 Å². The number of phenols is 1. The normalized spacial score (nSPS) is 29.7. The molecule has 0 saturated carbocycles. The quantitative estimate of drug-likeness (QED) is 0.455. The Kier molecular flexibility index (Phi) is 6.04. The summed E-state index contributed by atoms with van der Waals surface area (Å²) in [6, 6.07) is 0.0150. The van der Waals surface area contributed by atoms with Crippen molar-refractivity contribution >= 4 is 11.8 Å². The first-order chi connectivity index (χ1) is 15.2. The molecule has 13 heteroatoms.